The maximum Gasteiger partial charge on any atom is 0.140 e. The van der Waals surface area contributed by atoms with Crippen LogP contribution in [0.1, 0.15) is 16.7 Å². The Morgan fingerprint density at radius 3 is 2.56 bits per heavy atom. The number of hydrazine groups is 1. The molecule has 0 unspecified atom stereocenters. The van der Waals surface area contributed by atoms with Gasteiger partial charge < -0.3 is 5.43 Å². The lowest BCUT2D eigenvalue weighted by molar-refractivity contribution is 1.19. The molecule has 0 aliphatic heterocycles. The Hall–Kier alpha value is -1.52. The van der Waals surface area contributed by atoms with Gasteiger partial charge in [0.05, 0.1) is 0 Å². The fourth-order valence-corrected chi connectivity index (χ4v) is 2.75. The molecule has 0 atom stereocenters. The van der Waals surface area contributed by atoms with Crippen molar-refractivity contribution < 1.29 is 0 Å². The van der Waals surface area contributed by atoms with E-state index >= 15 is 0 Å². The summed E-state index contributed by atoms with van der Waals surface area (Å²) in [5.74, 6) is 6.99. The number of nitrogens with zero attached hydrogens (tertiary/aromatic N) is 1. The summed E-state index contributed by atoms with van der Waals surface area (Å²) in [6, 6.07) is 10.6. The number of hydrogen-bond acceptors (Lipinski definition) is 4. The van der Waals surface area contributed by atoms with Crippen LogP contribution in [0.25, 0.3) is 0 Å². The number of hydrogen-bond donors (Lipinski definition) is 2. The van der Waals surface area contributed by atoms with Gasteiger partial charge >= 0.3 is 0 Å². The number of anilines is 1. The Bertz CT molecular complexity index is 520. The molecule has 0 saturated heterocycles. The SMILES string of the molecule is Cc1cc(C)cc(CSc2ccnc(NN)c2)c1. The number of thioether (sulfide) groups is 1. The number of nitrogens with two attached hydrogens (primary N) is 1. The quantitative estimate of drug-likeness (QED) is 0.502. The summed E-state index contributed by atoms with van der Waals surface area (Å²) in [7, 11) is 0. The highest BCUT2D eigenvalue weighted by atomic mass is 32.2. The van der Waals surface area contributed by atoms with Gasteiger partial charge in [-0.1, -0.05) is 29.3 Å². The zero-order valence-electron chi connectivity index (χ0n) is 10.6. The molecule has 3 N–H and O–H groups in total. The zero-order chi connectivity index (χ0) is 13.0. The topological polar surface area (TPSA) is 50.9 Å². The van der Waals surface area contributed by atoms with E-state index in [1.165, 1.54) is 16.7 Å². The molecule has 2 aromatic rings. The van der Waals surface area contributed by atoms with Gasteiger partial charge in [0.25, 0.3) is 0 Å². The molecule has 94 valence electrons. The summed E-state index contributed by atoms with van der Waals surface area (Å²) in [4.78, 5) is 5.26. The minimum absolute atomic E-state index is 0.695. The summed E-state index contributed by atoms with van der Waals surface area (Å²) in [5, 5.41) is 0. The molecule has 18 heavy (non-hydrogen) atoms. The lowest BCUT2D eigenvalue weighted by atomic mass is 10.1. The van der Waals surface area contributed by atoms with E-state index in [0.29, 0.717) is 5.82 Å². The molecule has 1 aromatic heterocycles. The Kier molecular flexibility index (Phi) is 4.23. The molecule has 3 nitrogen and oxygen atoms in total. The van der Waals surface area contributed by atoms with E-state index in [9.17, 15) is 0 Å². The summed E-state index contributed by atoms with van der Waals surface area (Å²) in [6.45, 7) is 4.26. The van der Waals surface area contributed by atoms with Crippen LogP contribution in [-0.2, 0) is 5.75 Å². The van der Waals surface area contributed by atoms with Crippen molar-refractivity contribution in [2.75, 3.05) is 5.43 Å². The van der Waals surface area contributed by atoms with Gasteiger partial charge in [-0.25, -0.2) is 10.8 Å². The van der Waals surface area contributed by atoms with Crippen LogP contribution in [0, 0.1) is 13.8 Å². The summed E-state index contributed by atoms with van der Waals surface area (Å²) < 4.78 is 0. The van der Waals surface area contributed by atoms with Gasteiger partial charge in [-0.2, -0.15) is 0 Å². The van der Waals surface area contributed by atoms with E-state index in [2.05, 4.69) is 42.5 Å². The van der Waals surface area contributed by atoms with Gasteiger partial charge in [-0.3, -0.25) is 0 Å². The van der Waals surface area contributed by atoms with Gasteiger partial charge in [-0.05, 0) is 31.5 Å². The third kappa shape index (κ3) is 3.48. The highest BCUT2D eigenvalue weighted by molar-refractivity contribution is 7.98. The maximum absolute atomic E-state index is 5.34. The Balaban J connectivity index is 2.06. The molecule has 1 heterocycles. The highest BCUT2D eigenvalue weighted by Gasteiger charge is 2.00. The second-order valence-electron chi connectivity index (χ2n) is 4.31. The van der Waals surface area contributed by atoms with Gasteiger partial charge in [0.15, 0.2) is 0 Å². The molecule has 4 heteroatoms. The fraction of sp³-hybridized carbons (Fsp3) is 0.214. The molecule has 0 bridgehead atoms. The van der Waals surface area contributed by atoms with Crippen LogP contribution in [0.15, 0.2) is 41.4 Å². The minimum Gasteiger partial charge on any atom is -0.308 e. The predicted octanol–water partition coefficient (Wildman–Crippen LogP) is 3.28. The van der Waals surface area contributed by atoms with E-state index in [0.717, 1.165) is 10.6 Å². The van der Waals surface area contributed by atoms with Crippen molar-refractivity contribution in [3.05, 3.63) is 53.2 Å². The van der Waals surface area contributed by atoms with Crippen molar-refractivity contribution in [2.24, 2.45) is 5.84 Å². The van der Waals surface area contributed by atoms with Crippen LogP contribution in [-0.4, -0.2) is 4.98 Å². The van der Waals surface area contributed by atoms with E-state index in [-0.39, 0.29) is 0 Å². The van der Waals surface area contributed by atoms with Crippen LogP contribution in [0.2, 0.25) is 0 Å². The highest BCUT2D eigenvalue weighted by Crippen LogP contribution is 2.24. The van der Waals surface area contributed by atoms with Crippen LogP contribution in [0.3, 0.4) is 0 Å². The first-order valence-electron chi connectivity index (χ1n) is 5.80. The van der Waals surface area contributed by atoms with Crippen molar-refractivity contribution in [3.63, 3.8) is 0 Å². The van der Waals surface area contributed by atoms with Crippen LogP contribution in [0.5, 0.6) is 0 Å². The van der Waals surface area contributed by atoms with E-state index in [1.54, 1.807) is 18.0 Å². The molecule has 2 rings (SSSR count). The number of nitrogens with one attached hydrogen (secondary N) is 1. The molecule has 0 spiro atoms. The van der Waals surface area contributed by atoms with Crippen LogP contribution in [0.4, 0.5) is 5.82 Å². The van der Waals surface area contributed by atoms with Crippen LogP contribution >= 0.6 is 11.8 Å². The number of pyridine rings is 1. The number of rotatable bonds is 4. The number of nitrogen functional groups attached to an aromatic ring is 1. The minimum atomic E-state index is 0.695. The lowest BCUT2D eigenvalue weighted by Gasteiger charge is -2.06. The third-order valence-electron chi connectivity index (χ3n) is 2.57. The fourth-order valence-electron chi connectivity index (χ4n) is 1.90. The number of benzene rings is 1. The summed E-state index contributed by atoms with van der Waals surface area (Å²) in [5.41, 5.74) is 6.52. The van der Waals surface area contributed by atoms with E-state index in [1.807, 2.05) is 12.1 Å². The monoisotopic (exact) mass is 259 g/mol. The van der Waals surface area contributed by atoms with Crippen LogP contribution < -0.4 is 11.3 Å². The van der Waals surface area contributed by atoms with Gasteiger partial charge in [0.1, 0.15) is 5.82 Å². The normalized spacial score (nSPS) is 10.4. The van der Waals surface area contributed by atoms with E-state index in [4.69, 9.17) is 5.84 Å². The first-order chi connectivity index (χ1) is 8.67. The standard InChI is InChI=1S/C14H17N3S/c1-10-5-11(2)7-12(6-10)9-18-13-3-4-16-14(8-13)17-15/h3-8H,9,15H2,1-2H3,(H,16,17). The average Bonchev–Trinajstić information content (AvgIpc) is 2.35. The summed E-state index contributed by atoms with van der Waals surface area (Å²) >= 11 is 1.78. The predicted molar refractivity (Wildman–Crippen MR) is 77.5 cm³/mol. The first kappa shape index (κ1) is 12.9. The van der Waals surface area contributed by atoms with Crippen molar-refractivity contribution in [3.8, 4) is 0 Å². The Morgan fingerprint density at radius 2 is 1.89 bits per heavy atom. The third-order valence-corrected chi connectivity index (χ3v) is 3.63. The number of aromatic nitrogens is 1. The van der Waals surface area contributed by atoms with Gasteiger partial charge in [0.2, 0.25) is 0 Å². The van der Waals surface area contributed by atoms with Crippen molar-refractivity contribution in [1.82, 2.24) is 4.98 Å². The summed E-state index contributed by atoms with van der Waals surface area (Å²) in [6.07, 6.45) is 1.76. The lowest BCUT2D eigenvalue weighted by Crippen LogP contribution is -2.07. The molecule has 0 saturated carbocycles. The molecule has 1 aromatic carbocycles. The largest absolute Gasteiger partial charge is 0.308 e. The zero-order valence-corrected chi connectivity index (χ0v) is 11.4. The van der Waals surface area contributed by atoms with Crippen molar-refractivity contribution >= 4 is 17.6 Å². The second-order valence-corrected chi connectivity index (χ2v) is 5.35. The molecule has 0 amide bonds. The molecular weight excluding hydrogens is 242 g/mol. The van der Waals surface area contributed by atoms with Crippen molar-refractivity contribution in [1.29, 1.82) is 0 Å². The first-order valence-corrected chi connectivity index (χ1v) is 6.78. The molecule has 0 aliphatic carbocycles. The molecule has 0 fully saturated rings. The number of aryl methyl sites for hydroxylation is 2. The molecular formula is C14H17N3S. The Morgan fingerprint density at radius 1 is 1.17 bits per heavy atom. The molecule has 0 radical (unpaired) electrons. The second kappa shape index (κ2) is 5.89. The molecule has 0 aliphatic rings. The van der Waals surface area contributed by atoms with Crippen molar-refractivity contribution in [2.45, 2.75) is 24.5 Å². The smallest absolute Gasteiger partial charge is 0.140 e. The maximum atomic E-state index is 5.34. The van der Waals surface area contributed by atoms with Gasteiger partial charge in [0, 0.05) is 16.8 Å². The Labute approximate surface area is 112 Å². The van der Waals surface area contributed by atoms with E-state index < -0.39 is 0 Å². The average molecular weight is 259 g/mol. The van der Waals surface area contributed by atoms with Gasteiger partial charge in [-0.15, -0.1) is 11.8 Å².